The van der Waals surface area contributed by atoms with Gasteiger partial charge in [0.1, 0.15) is 8.07 Å². The van der Waals surface area contributed by atoms with E-state index in [0.717, 1.165) is 56.6 Å². The average molecular weight is 740 g/mol. The normalized spacial score (nSPS) is 16.4. The van der Waals surface area contributed by atoms with E-state index in [0.29, 0.717) is 16.6 Å². The third kappa shape index (κ3) is 7.25. The summed E-state index contributed by atoms with van der Waals surface area (Å²) in [6, 6.07) is 35.1. The van der Waals surface area contributed by atoms with E-state index in [4.69, 9.17) is 4.99 Å². The van der Waals surface area contributed by atoms with Gasteiger partial charge < -0.3 is 0 Å². The van der Waals surface area contributed by atoms with Crippen LogP contribution in [-0.4, -0.2) is 36.5 Å². The lowest BCUT2D eigenvalue weighted by atomic mass is 9.79. The van der Waals surface area contributed by atoms with Crippen molar-refractivity contribution in [1.29, 1.82) is 0 Å². The molecule has 1 heterocycles. The lowest BCUT2D eigenvalue weighted by Gasteiger charge is -2.48. The molecular weight excluding hydrogens is 685 g/mol. The predicted molar refractivity (Wildman–Crippen MR) is 238 cm³/mol. The topological polar surface area (TPSA) is 35.5 Å². The first kappa shape index (κ1) is 38.6. The van der Waals surface area contributed by atoms with Gasteiger partial charge in [0.25, 0.3) is 0 Å². The predicted octanol–water partition coefficient (Wildman–Crippen LogP) is 13.1. The Bertz CT molecular complexity index is 2430. The molecule has 55 heavy (non-hydrogen) atoms. The maximum atomic E-state index is 12.8. The van der Waals surface area contributed by atoms with Gasteiger partial charge in [0, 0.05) is 34.0 Å². The molecule has 1 aliphatic rings. The zero-order chi connectivity index (χ0) is 39.3. The van der Waals surface area contributed by atoms with E-state index < -0.39 is 19.2 Å². The number of hydroxylamine groups is 2. The first-order valence-electron chi connectivity index (χ1n) is 20.1. The highest BCUT2D eigenvalue weighted by atomic mass is 28.3. The van der Waals surface area contributed by atoms with Gasteiger partial charge >= 0.3 is 0 Å². The molecule has 0 saturated carbocycles. The van der Waals surface area contributed by atoms with Crippen molar-refractivity contribution in [3.05, 3.63) is 119 Å². The number of benzene rings is 6. The number of hydrogen-bond donors (Lipinski definition) is 0. The molecule has 0 unspecified atom stereocenters. The number of piperidine rings is 1. The Morgan fingerprint density at radius 1 is 0.618 bits per heavy atom. The van der Waals surface area contributed by atoms with E-state index in [-0.39, 0.29) is 6.04 Å². The SMILES string of the molecule is CC(C)[Si](C#Cc1c2cc3ccccc3cc2c(C#Cc2ccc(C=NC3CC(C)(C)N([O])C(C)(C)C3)cc2)c2cc3ccccc3cc12)(C(C)C)C(C)C. The molecule has 0 atom stereocenters. The van der Waals surface area contributed by atoms with Crippen molar-refractivity contribution in [3.8, 4) is 23.3 Å². The van der Waals surface area contributed by atoms with Crippen molar-refractivity contribution < 1.29 is 5.21 Å². The van der Waals surface area contributed by atoms with Crippen LogP contribution in [0.1, 0.15) is 104 Å². The van der Waals surface area contributed by atoms with Crippen molar-refractivity contribution in [2.75, 3.05) is 0 Å². The quantitative estimate of drug-likeness (QED) is 0.0750. The minimum Gasteiger partial charge on any atom is -0.289 e. The number of nitrogens with zero attached hydrogens (tertiary/aromatic N) is 2. The summed E-state index contributed by atoms with van der Waals surface area (Å²) in [5.41, 5.74) is 8.95. The minimum absolute atomic E-state index is 0.107. The van der Waals surface area contributed by atoms with Gasteiger partial charge in [-0.15, -0.1) is 15.8 Å². The third-order valence-electron chi connectivity index (χ3n) is 12.4. The fourth-order valence-corrected chi connectivity index (χ4v) is 15.0. The van der Waals surface area contributed by atoms with Crippen molar-refractivity contribution in [2.45, 2.75) is 116 Å². The molecular formula is C51H55N2OSi. The van der Waals surface area contributed by atoms with Crippen LogP contribution in [0.15, 0.2) is 102 Å². The van der Waals surface area contributed by atoms with Crippen LogP contribution >= 0.6 is 0 Å². The summed E-state index contributed by atoms with van der Waals surface area (Å²) >= 11 is 0. The number of rotatable bonds is 5. The summed E-state index contributed by atoms with van der Waals surface area (Å²) in [5, 5.41) is 23.5. The average Bonchev–Trinajstić information content (AvgIpc) is 3.14. The molecule has 6 aromatic carbocycles. The largest absolute Gasteiger partial charge is 0.289 e. The highest BCUT2D eigenvalue weighted by molar-refractivity contribution is 6.90. The molecule has 0 spiro atoms. The van der Waals surface area contributed by atoms with Gasteiger partial charge in [0.2, 0.25) is 0 Å². The summed E-state index contributed by atoms with van der Waals surface area (Å²) in [6.45, 7) is 22.4. The maximum absolute atomic E-state index is 12.8. The highest BCUT2D eigenvalue weighted by Gasteiger charge is 2.46. The Kier molecular flexibility index (Phi) is 10.3. The second-order valence-electron chi connectivity index (χ2n) is 18.0. The van der Waals surface area contributed by atoms with E-state index >= 15 is 0 Å². The molecule has 279 valence electrons. The Balaban J connectivity index is 1.38. The Morgan fingerprint density at radius 2 is 1.02 bits per heavy atom. The van der Waals surface area contributed by atoms with Gasteiger partial charge in [0.05, 0.1) is 6.04 Å². The Hall–Kier alpha value is -4.71. The van der Waals surface area contributed by atoms with E-state index in [9.17, 15) is 5.21 Å². The monoisotopic (exact) mass is 739 g/mol. The van der Waals surface area contributed by atoms with Crippen LogP contribution in [0.25, 0.3) is 43.1 Å². The second-order valence-corrected chi connectivity index (χ2v) is 23.6. The Morgan fingerprint density at radius 3 is 1.42 bits per heavy atom. The van der Waals surface area contributed by atoms with Crippen LogP contribution < -0.4 is 0 Å². The fraction of sp³-hybridized carbons (Fsp3) is 0.353. The van der Waals surface area contributed by atoms with Crippen molar-refractivity contribution >= 4 is 57.4 Å². The Labute approximate surface area is 329 Å². The highest BCUT2D eigenvalue weighted by Crippen LogP contribution is 2.42. The molecule has 3 nitrogen and oxygen atoms in total. The molecule has 0 N–H and O–H groups in total. The van der Waals surface area contributed by atoms with E-state index in [1.807, 2.05) is 33.9 Å². The van der Waals surface area contributed by atoms with Gasteiger partial charge in [-0.3, -0.25) is 4.99 Å². The van der Waals surface area contributed by atoms with Crippen LogP contribution in [0.3, 0.4) is 0 Å². The standard InChI is InChI=1S/C51H55N2OSi/c1-34(2)55(35(3)4,36(5)6)26-25-45-48-29-41-17-13-11-15-39(41)27-46(48)44(47-28-40-16-12-14-18-42(40)30-49(45)47)24-23-37-19-21-38(22-20-37)33-52-43-31-50(7,8)53(54)51(9,10)32-43/h11-22,27-30,33-36,43H,31-32H2,1-10H3. The minimum atomic E-state index is -2.01. The maximum Gasteiger partial charge on any atom is 0.146 e. The third-order valence-corrected chi connectivity index (χ3v) is 18.7. The number of aliphatic imine (C=N–C) groups is 1. The van der Waals surface area contributed by atoms with Crippen molar-refractivity contribution in [3.63, 3.8) is 0 Å². The van der Waals surface area contributed by atoms with E-state index in [1.54, 1.807) is 0 Å². The van der Waals surface area contributed by atoms with Gasteiger partial charge in [-0.1, -0.05) is 120 Å². The first-order chi connectivity index (χ1) is 26.1. The van der Waals surface area contributed by atoms with E-state index in [2.05, 4.69) is 162 Å². The van der Waals surface area contributed by atoms with Gasteiger partial charge in [0.15, 0.2) is 0 Å². The zero-order valence-corrected chi connectivity index (χ0v) is 35.3. The number of fused-ring (bicyclic) bond motifs is 4. The summed E-state index contributed by atoms with van der Waals surface area (Å²) < 4.78 is 0. The van der Waals surface area contributed by atoms with Gasteiger partial charge in [-0.05, 0) is 142 Å². The van der Waals surface area contributed by atoms with Crippen molar-refractivity contribution in [1.82, 2.24) is 5.06 Å². The van der Waals surface area contributed by atoms with Crippen molar-refractivity contribution in [2.24, 2.45) is 4.99 Å². The molecule has 1 radical (unpaired) electrons. The van der Waals surface area contributed by atoms with Crippen LogP contribution in [0.5, 0.6) is 0 Å². The molecule has 0 aliphatic carbocycles. The lowest BCUT2D eigenvalue weighted by molar-refractivity contribution is -0.288. The molecule has 4 heteroatoms. The van der Waals surface area contributed by atoms with Crippen LogP contribution in [0.4, 0.5) is 0 Å². The summed E-state index contributed by atoms with van der Waals surface area (Å²) in [6.07, 6.45) is 3.45. The van der Waals surface area contributed by atoms with Crippen LogP contribution in [0, 0.1) is 23.3 Å². The van der Waals surface area contributed by atoms with Gasteiger partial charge in [-0.2, -0.15) is 0 Å². The smallest absolute Gasteiger partial charge is 0.146 e. The molecule has 1 fully saturated rings. The molecule has 1 aliphatic heterocycles. The van der Waals surface area contributed by atoms with Gasteiger partial charge in [-0.25, -0.2) is 0 Å². The lowest BCUT2D eigenvalue weighted by Crippen LogP contribution is -2.59. The summed E-state index contributed by atoms with van der Waals surface area (Å²) in [7, 11) is -2.01. The summed E-state index contributed by atoms with van der Waals surface area (Å²) in [5.74, 6) is 11.2. The molecule has 0 bridgehead atoms. The second kappa shape index (κ2) is 14.7. The molecule has 0 amide bonds. The van der Waals surface area contributed by atoms with Crippen LogP contribution in [-0.2, 0) is 5.21 Å². The number of hydrogen-bond acceptors (Lipinski definition) is 2. The molecule has 6 aromatic rings. The fourth-order valence-electron chi connectivity index (χ4n) is 9.77. The van der Waals surface area contributed by atoms with E-state index in [1.165, 1.54) is 26.6 Å². The molecule has 1 saturated heterocycles. The molecule has 0 aromatic heterocycles. The summed E-state index contributed by atoms with van der Waals surface area (Å²) in [4.78, 5) is 4.95. The zero-order valence-electron chi connectivity index (χ0n) is 34.3. The first-order valence-corrected chi connectivity index (χ1v) is 22.3. The van der Waals surface area contributed by atoms with Crippen LogP contribution in [0.2, 0.25) is 16.6 Å². The molecule has 7 rings (SSSR count).